The molecule has 0 spiro atoms. The Hall–Kier alpha value is -3.52. The third kappa shape index (κ3) is 5.16. The average Bonchev–Trinajstić information content (AvgIpc) is 3.07. The topological polar surface area (TPSA) is 67.2 Å². The number of carbonyl (C=O) groups is 1. The lowest BCUT2D eigenvalue weighted by Gasteiger charge is -2.24. The lowest BCUT2D eigenvalue weighted by atomic mass is 10.2. The van der Waals surface area contributed by atoms with E-state index < -0.39 is 0 Å². The lowest BCUT2D eigenvalue weighted by Crippen LogP contribution is -2.35. The molecule has 1 fully saturated rings. The zero-order valence-corrected chi connectivity index (χ0v) is 21.9. The molecule has 7 nitrogen and oxygen atoms in total. The van der Waals surface area contributed by atoms with E-state index in [1.54, 1.807) is 28.9 Å². The zero-order chi connectivity index (χ0) is 25.9. The predicted octanol–water partition coefficient (Wildman–Crippen LogP) is 5.61. The van der Waals surface area contributed by atoms with Crippen LogP contribution in [0.15, 0.2) is 48.5 Å². The molecule has 0 saturated carbocycles. The Labute approximate surface area is 220 Å². The molecule has 9 heteroatoms. The zero-order valence-electron chi connectivity index (χ0n) is 21.1. The molecule has 37 heavy (non-hydrogen) atoms. The number of rotatable bonds is 6. The molecular formula is C28H30ClFN6O. The predicted molar refractivity (Wildman–Crippen MR) is 144 cm³/mol. The third-order valence-electron chi connectivity index (χ3n) is 6.74. The first-order valence-electron chi connectivity index (χ1n) is 12.8. The maximum Gasteiger partial charge on any atom is 0.255 e. The van der Waals surface area contributed by atoms with Crippen molar-refractivity contribution >= 4 is 34.4 Å². The molecule has 3 heterocycles. The molecule has 1 aliphatic heterocycles. The van der Waals surface area contributed by atoms with Crippen LogP contribution >= 0.6 is 11.6 Å². The number of hydrogen-bond acceptors (Lipinski definition) is 5. The van der Waals surface area contributed by atoms with Crippen LogP contribution in [-0.4, -0.2) is 56.7 Å². The molecule has 0 bridgehead atoms. The Balaban J connectivity index is 1.50. The van der Waals surface area contributed by atoms with Crippen molar-refractivity contribution in [3.8, 4) is 5.69 Å². The number of fused-ring (bicyclic) bond motifs is 1. The highest BCUT2D eigenvalue weighted by Crippen LogP contribution is 2.30. The summed E-state index contributed by atoms with van der Waals surface area (Å²) in [5.74, 6) is 1.26. The Morgan fingerprint density at radius 1 is 1.03 bits per heavy atom. The smallest absolute Gasteiger partial charge is 0.255 e. The summed E-state index contributed by atoms with van der Waals surface area (Å²) >= 11 is 6.30. The maximum atomic E-state index is 13.6. The summed E-state index contributed by atoms with van der Waals surface area (Å²) in [5.41, 5.74) is 2.80. The van der Waals surface area contributed by atoms with E-state index in [1.807, 2.05) is 24.0 Å². The van der Waals surface area contributed by atoms with Crippen LogP contribution in [0.5, 0.6) is 0 Å². The van der Waals surface area contributed by atoms with E-state index in [-0.39, 0.29) is 11.7 Å². The van der Waals surface area contributed by atoms with Gasteiger partial charge in [0.2, 0.25) is 0 Å². The van der Waals surface area contributed by atoms with Gasteiger partial charge < -0.3 is 9.80 Å². The van der Waals surface area contributed by atoms with E-state index in [0.717, 1.165) is 60.6 Å². The molecule has 0 unspecified atom stereocenters. The number of benzene rings is 2. The minimum absolute atomic E-state index is 0.0516. The Bertz CT molecular complexity index is 1420. The van der Waals surface area contributed by atoms with E-state index >= 15 is 0 Å². The number of aromatic nitrogens is 4. The summed E-state index contributed by atoms with van der Waals surface area (Å²) in [6.45, 7) is 6.69. The summed E-state index contributed by atoms with van der Waals surface area (Å²) < 4.78 is 15.4. The SMILES string of the molecule is CCCCc1nc(N2CCCN(C(=O)c3ccccc3Cl)CC2)c2c(C)nn(-c3ccc(F)cc3)c2n1. The highest BCUT2D eigenvalue weighted by Gasteiger charge is 2.26. The van der Waals surface area contributed by atoms with Crippen molar-refractivity contribution in [2.75, 3.05) is 31.1 Å². The molecule has 2 aromatic carbocycles. The van der Waals surface area contributed by atoms with Gasteiger partial charge in [0.1, 0.15) is 17.5 Å². The van der Waals surface area contributed by atoms with Crippen molar-refractivity contribution < 1.29 is 9.18 Å². The first kappa shape index (κ1) is 25.1. The largest absolute Gasteiger partial charge is 0.354 e. The molecule has 2 aromatic heterocycles. The molecule has 5 rings (SSSR count). The van der Waals surface area contributed by atoms with Crippen LogP contribution in [0.1, 0.15) is 48.1 Å². The number of amides is 1. The van der Waals surface area contributed by atoms with Crippen molar-refractivity contribution in [3.05, 3.63) is 76.5 Å². The summed E-state index contributed by atoms with van der Waals surface area (Å²) in [5, 5.41) is 6.12. The lowest BCUT2D eigenvalue weighted by molar-refractivity contribution is 0.0767. The number of nitrogens with zero attached hydrogens (tertiary/aromatic N) is 6. The normalized spacial score (nSPS) is 14.3. The highest BCUT2D eigenvalue weighted by molar-refractivity contribution is 6.33. The van der Waals surface area contributed by atoms with Crippen molar-refractivity contribution in [3.63, 3.8) is 0 Å². The van der Waals surface area contributed by atoms with Gasteiger partial charge in [-0.3, -0.25) is 4.79 Å². The summed E-state index contributed by atoms with van der Waals surface area (Å²) in [6, 6.07) is 13.5. The molecule has 0 aliphatic carbocycles. The van der Waals surface area contributed by atoms with Gasteiger partial charge in [0, 0.05) is 32.6 Å². The first-order chi connectivity index (χ1) is 18.0. The van der Waals surface area contributed by atoms with Gasteiger partial charge in [-0.25, -0.2) is 19.0 Å². The second-order valence-corrected chi connectivity index (χ2v) is 9.76. The average molecular weight is 521 g/mol. The maximum absolute atomic E-state index is 13.6. The minimum Gasteiger partial charge on any atom is -0.354 e. The fourth-order valence-corrected chi connectivity index (χ4v) is 5.00. The molecule has 192 valence electrons. The van der Waals surface area contributed by atoms with Crippen LogP contribution < -0.4 is 4.90 Å². The molecule has 0 N–H and O–H groups in total. The van der Waals surface area contributed by atoms with Gasteiger partial charge in [-0.15, -0.1) is 0 Å². The van der Waals surface area contributed by atoms with Gasteiger partial charge in [-0.1, -0.05) is 37.1 Å². The van der Waals surface area contributed by atoms with Gasteiger partial charge in [0.05, 0.1) is 27.4 Å². The van der Waals surface area contributed by atoms with Crippen LogP contribution in [0.3, 0.4) is 0 Å². The van der Waals surface area contributed by atoms with Gasteiger partial charge >= 0.3 is 0 Å². The van der Waals surface area contributed by atoms with E-state index in [2.05, 4.69) is 11.8 Å². The number of carbonyl (C=O) groups excluding carboxylic acids is 1. The number of aryl methyl sites for hydroxylation is 2. The Morgan fingerprint density at radius 2 is 1.81 bits per heavy atom. The number of anilines is 1. The van der Waals surface area contributed by atoms with E-state index in [0.29, 0.717) is 35.9 Å². The third-order valence-corrected chi connectivity index (χ3v) is 7.07. The highest BCUT2D eigenvalue weighted by atomic mass is 35.5. The Kier molecular flexibility index (Phi) is 7.37. The van der Waals surface area contributed by atoms with Gasteiger partial charge in [0.25, 0.3) is 5.91 Å². The fraction of sp³-hybridized carbons (Fsp3) is 0.357. The number of unbranched alkanes of at least 4 members (excludes halogenated alkanes) is 1. The van der Waals surface area contributed by atoms with E-state index in [4.69, 9.17) is 26.7 Å². The number of hydrogen-bond donors (Lipinski definition) is 0. The summed E-state index contributed by atoms with van der Waals surface area (Å²) in [6.07, 6.45) is 3.58. The second kappa shape index (κ2) is 10.8. The molecule has 1 aliphatic rings. The van der Waals surface area contributed by atoms with Crippen LogP contribution in [-0.2, 0) is 6.42 Å². The van der Waals surface area contributed by atoms with Crippen molar-refractivity contribution in [2.45, 2.75) is 39.5 Å². The van der Waals surface area contributed by atoms with Crippen LogP contribution in [0.2, 0.25) is 5.02 Å². The standard InChI is InChI=1S/C28H30ClFN6O/c1-3-4-10-24-31-26(25-19(2)33-36(27(25)32-24)21-13-11-20(30)12-14-21)34-15-7-16-35(18-17-34)28(37)22-8-5-6-9-23(22)29/h5-6,8-9,11-14H,3-4,7,10,15-18H2,1-2H3. The Morgan fingerprint density at radius 3 is 2.57 bits per heavy atom. The van der Waals surface area contributed by atoms with Crippen molar-refractivity contribution in [1.82, 2.24) is 24.6 Å². The molecule has 0 atom stereocenters. The molecule has 0 radical (unpaired) electrons. The van der Waals surface area contributed by atoms with Crippen molar-refractivity contribution in [1.29, 1.82) is 0 Å². The first-order valence-corrected chi connectivity index (χ1v) is 13.1. The van der Waals surface area contributed by atoms with Gasteiger partial charge in [0.15, 0.2) is 5.65 Å². The quantitative estimate of drug-likeness (QED) is 0.330. The molecule has 1 amide bonds. The van der Waals surface area contributed by atoms with Crippen molar-refractivity contribution in [2.24, 2.45) is 0 Å². The molecular weight excluding hydrogens is 491 g/mol. The van der Waals surface area contributed by atoms with Crippen LogP contribution in [0, 0.1) is 12.7 Å². The van der Waals surface area contributed by atoms with Crippen LogP contribution in [0.25, 0.3) is 16.7 Å². The molecule has 4 aromatic rings. The van der Waals surface area contributed by atoms with E-state index in [9.17, 15) is 9.18 Å². The van der Waals surface area contributed by atoms with E-state index in [1.165, 1.54) is 12.1 Å². The second-order valence-electron chi connectivity index (χ2n) is 9.35. The minimum atomic E-state index is -0.295. The van der Waals surface area contributed by atoms with Crippen LogP contribution in [0.4, 0.5) is 10.2 Å². The van der Waals surface area contributed by atoms with Gasteiger partial charge in [-0.05, 0) is 56.2 Å². The monoisotopic (exact) mass is 520 g/mol. The van der Waals surface area contributed by atoms with Gasteiger partial charge in [-0.2, -0.15) is 5.10 Å². The summed E-state index contributed by atoms with van der Waals surface area (Å²) in [7, 11) is 0. The number of halogens is 2. The molecule has 1 saturated heterocycles. The fourth-order valence-electron chi connectivity index (χ4n) is 4.78. The summed E-state index contributed by atoms with van der Waals surface area (Å²) in [4.78, 5) is 27.2.